The van der Waals surface area contributed by atoms with Crippen LogP contribution in [0.3, 0.4) is 0 Å². The molecule has 73 heavy (non-hydrogen) atoms. The van der Waals surface area contributed by atoms with Crippen LogP contribution in [0.4, 0.5) is 17.1 Å². The lowest BCUT2D eigenvalue weighted by Gasteiger charge is -2.41. The lowest BCUT2D eigenvalue weighted by atomic mass is 9.64. The van der Waals surface area contributed by atoms with Crippen molar-refractivity contribution < 1.29 is 9.15 Å². The topological polar surface area (TPSA) is 25.6 Å². The maximum absolute atomic E-state index is 7.36. The lowest BCUT2D eigenvalue weighted by Crippen LogP contribution is -2.33. The third kappa shape index (κ3) is 5.43. The molecular weight excluding hydrogens is 887 g/mol. The van der Waals surface area contributed by atoms with E-state index >= 15 is 0 Å². The predicted octanol–water partition coefficient (Wildman–Crippen LogP) is 18.3. The number of ether oxygens (including phenoxy) is 1. The minimum Gasteiger partial charge on any atom is -0.456 e. The number of fused-ring (bicyclic) bond motifs is 19. The number of nitrogens with zero attached hydrogens (tertiary/aromatic N) is 1. The lowest BCUT2D eigenvalue weighted by molar-refractivity contribution is 0.447. The molecule has 3 nitrogen and oxygen atoms in total. The van der Waals surface area contributed by atoms with E-state index in [1.54, 1.807) is 0 Å². The summed E-state index contributed by atoms with van der Waals surface area (Å²) >= 11 is 0. The second-order valence-corrected chi connectivity index (χ2v) is 20.1. The van der Waals surface area contributed by atoms with E-state index in [0.717, 1.165) is 84.9 Å². The Bertz CT molecular complexity index is 4240. The third-order valence-electron chi connectivity index (χ3n) is 16.6. The van der Waals surface area contributed by atoms with Crippen LogP contribution >= 0.6 is 0 Å². The Morgan fingerprint density at radius 2 is 0.890 bits per heavy atom. The van der Waals surface area contributed by atoms with Gasteiger partial charge in [0, 0.05) is 49.7 Å². The Labute approximate surface area is 423 Å². The quantitative estimate of drug-likeness (QED) is 0.172. The van der Waals surface area contributed by atoms with Gasteiger partial charge in [-0.3, -0.25) is 0 Å². The zero-order valence-corrected chi connectivity index (χ0v) is 39.8. The molecule has 12 aromatic rings. The smallest absolute Gasteiger partial charge is 0.140 e. The van der Waals surface area contributed by atoms with Gasteiger partial charge >= 0.3 is 0 Å². The SMILES string of the molecule is C1=C2C(=CCC1)C1(c3cc(N(c4ccc5c(c4)-c4ccccc4C5(c4ccccc4)c4ccccc4)c4ccc5oc6ccccc6c5c4)ccc32)c2ccc3ccccc3c2Oc2c1ccc1ccccc21. The van der Waals surface area contributed by atoms with Crippen molar-refractivity contribution in [3.63, 3.8) is 0 Å². The van der Waals surface area contributed by atoms with Gasteiger partial charge in [-0.1, -0.05) is 200 Å². The van der Waals surface area contributed by atoms with Crippen molar-refractivity contribution in [3.05, 3.63) is 299 Å². The van der Waals surface area contributed by atoms with Gasteiger partial charge < -0.3 is 14.1 Å². The number of anilines is 3. The fraction of sp³-hybridized carbons (Fsp3) is 0.0571. The molecule has 0 bridgehead atoms. The van der Waals surface area contributed by atoms with Gasteiger partial charge in [0.25, 0.3) is 0 Å². The zero-order valence-electron chi connectivity index (χ0n) is 39.8. The summed E-state index contributed by atoms with van der Waals surface area (Å²) in [6, 6.07) is 87.4. The number of para-hydroxylation sites is 1. The van der Waals surface area contributed by atoms with E-state index < -0.39 is 10.8 Å². The first-order chi connectivity index (χ1) is 36.2. The average Bonchev–Trinajstić information content (AvgIpc) is 4.08. The second kappa shape index (κ2) is 15.2. The first-order valence-electron chi connectivity index (χ1n) is 25.5. The molecule has 0 fully saturated rings. The largest absolute Gasteiger partial charge is 0.456 e. The van der Waals surface area contributed by atoms with Crippen LogP contribution in [-0.4, -0.2) is 0 Å². The van der Waals surface area contributed by atoms with Gasteiger partial charge in [-0.2, -0.15) is 0 Å². The first kappa shape index (κ1) is 40.5. The number of hydrogen-bond donors (Lipinski definition) is 0. The number of hydrogen-bond acceptors (Lipinski definition) is 3. The highest BCUT2D eigenvalue weighted by Gasteiger charge is 2.54. The monoisotopic (exact) mass is 931 g/mol. The van der Waals surface area contributed by atoms with E-state index in [1.165, 1.54) is 66.8 Å². The molecule has 4 aliphatic rings. The summed E-state index contributed by atoms with van der Waals surface area (Å²) in [4.78, 5) is 2.48. The Morgan fingerprint density at radius 1 is 0.342 bits per heavy atom. The number of allylic oxidation sites excluding steroid dienone is 4. The Balaban J connectivity index is 0.988. The molecule has 0 atom stereocenters. The van der Waals surface area contributed by atoms with Gasteiger partial charge in [-0.15, -0.1) is 0 Å². The van der Waals surface area contributed by atoms with E-state index in [-0.39, 0.29) is 0 Å². The maximum atomic E-state index is 7.36. The van der Waals surface area contributed by atoms with Gasteiger partial charge in [-0.25, -0.2) is 0 Å². The summed E-state index contributed by atoms with van der Waals surface area (Å²) in [6.07, 6.45) is 6.98. The van der Waals surface area contributed by atoms with Crippen LogP contribution < -0.4 is 9.64 Å². The highest BCUT2D eigenvalue weighted by molar-refractivity contribution is 6.07. The highest BCUT2D eigenvalue weighted by atomic mass is 16.5. The minimum atomic E-state index is -0.660. The molecule has 11 aromatic carbocycles. The molecule has 0 saturated heterocycles. The summed E-state index contributed by atoms with van der Waals surface area (Å²) in [5.41, 5.74) is 18.9. The van der Waals surface area contributed by atoms with Crippen LogP contribution in [0.25, 0.3) is 60.2 Å². The van der Waals surface area contributed by atoms with E-state index in [9.17, 15) is 0 Å². The van der Waals surface area contributed by atoms with E-state index in [1.807, 2.05) is 6.07 Å². The molecule has 0 unspecified atom stereocenters. The normalized spacial score (nSPS) is 15.2. The molecule has 0 N–H and O–H groups in total. The zero-order chi connectivity index (χ0) is 47.8. The fourth-order valence-corrected chi connectivity index (χ4v) is 13.6. The Kier molecular flexibility index (Phi) is 8.42. The summed E-state index contributed by atoms with van der Waals surface area (Å²) in [6.45, 7) is 0. The fourth-order valence-electron chi connectivity index (χ4n) is 13.6. The van der Waals surface area contributed by atoms with Crippen LogP contribution in [0, 0.1) is 0 Å². The predicted molar refractivity (Wildman–Crippen MR) is 299 cm³/mol. The second-order valence-electron chi connectivity index (χ2n) is 20.1. The molecule has 1 aliphatic heterocycles. The summed E-state index contributed by atoms with van der Waals surface area (Å²) in [7, 11) is 0. The Hall–Kier alpha value is -9.18. The van der Waals surface area contributed by atoms with E-state index in [0.29, 0.717) is 0 Å². The molecule has 16 rings (SSSR count). The molecule has 0 amide bonds. The van der Waals surface area contributed by atoms with Crippen molar-refractivity contribution in [2.45, 2.75) is 23.7 Å². The molecule has 0 radical (unpaired) electrons. The van der Waals surface area contributed by atoms with Crippen LogP contribution in [-0.2, 0) is 10.8 Å². The molecular formula is C70H45NO2. The Morgan fingerprint density at radius 3 is 1.63 bits per heavy atom. The van der Waals surface area contributed by atoms with Crippen LogP contribution in [0.5, 0.6) is 11.5 Å². The van der Waals surface area contributed by atoms with Gasteiger partial charge in [0.2, 0.25) is 0 Å². The van der Waals surface area contributed by atoms with Gasteiger partial charge in [-0.05, 0) is 128 Å². The van der Waals surface area contributed by atoms with Gasteiger partial charge in [0.1, 0.15) is 22.7 Å². The molecule has 342 valence electrons. The average molecular weight is 932 g/mol. The molecule has 3 aliphatic carbocycles. The summed E-state index contributed by atoms with van der Waals surface area (Å²) < 4.78 is 13.8. The number of benzene rings is 11. The van der Waals surface area contributed by atoms with Crippen molar-refractivity contribution in [1.82, 2.24) is 0 Å². The van der Waals surface area contributed by atoms with E-state index in [2.05, 4.69) is 248 Å². The maximum Gasteiger partial charge on any atom is 0.140 e. The molecule has 2 heterocycles. The number of rotatable bonds is 5. The molecule has 3 heteroatoms. The van der Waals surface area contributed by atoms with E-state index in [4.69, 9.17) is 9.15 Å². The van der Waals surface area contributed by atoms with Crippen LogP contribution in [0.2, 0.25) is 0 Å². The first-order valence-corrected chi connectivity index (χ1v) is 25.5. The third-order valence-corrected chi connectivity index (χ3v) is 16.6. The van der Waals surface area contributed by atoms with Gasteiger partial charge in [0.05, 0.1) is 10.8 Å². The minimum absolute atomic E-state index is 0.512. The molecule has 1 spiro atoms. The van der Waals surface area contributed by atoms with Crippen molar-refractivity contribution >= 4 is 66.1 Å². The van der Waals surface area contributed by atoms with Crippen LogP contribution in [0.1, 0.15) is 57.3 Å². The molecule has 0 saturated carbocycles. The summed E-state index contributed by atoms with van der Waals surface area (Å²) in [5, 5.41) is 6.75. The standard InChI is InChI=1S/C70H45NO2/c1-3-19-46(20-4-1)69(47-21-5-2-6-22-47)59-28-14-12-26-54(59)57-41-48(34-39-61(57)69)71(49-35-40-66-58(42-49)56-27-13-16-30-65(56)72-66)50-33-36-55-53-25-11-15-29-60(53)70(64(55)43-50)62-37-31-44-17-7-9-23-51(44)67(62)73-68-52-24-10-8-18-45(52)32-38-63(68)70/h1-10,12-14,16-43H,11,15H2. The van der Waals surface area contributed by atoms with Crippen molar-refractivity contribution in [2.75, 3.05) is 4.90 Å². The van der Waals surface area contributed by atoms with Gasteiger partial charge in [0.15, 0.2) is 0 Å². The van der Waals surface area contributed by atoms with Crippen molar-refractivity contribution in [2.24, 2.45) is 0 Å². The summed E-state index contributed by atoms with van der Waals surface area (Å²) in [5.74, 6) is 1.86. The number of furan rings is 1. The van der Waals surface area contributed by atoms with Crippen molar-refractivity contribution in [3.8, 4) is 22.6 Å². The van der Waals surface area contributed by atoms with Crippen LogP contribution in [0.15, 0.2) is 259 Å². The highest BCUT2D eigenvalue weighted by Crippen LogP contribution is 2.66. The van der Waals surface area contributed by atoms with Crippen molar-refractivity contribution in [1.29, 1.82) is 0 Å². The molecule has 1 aromatic heterocycles.